The topological polar surface area (TPSA) is 89.8 Å². The number of carbonyl (C=O) groups excluding carboxylic acids is 2. The molecule has 0 radical (unpaired) electrons. The van der Waals surface area contributed by atoms with Crippen LogP contribution in [0, 0.1) is 0 Å². The number of nitrogens with zero attached hydrogens (tertiary/aromatic N) is 2. The van der Waals surface area contributed by atoms with Crippen LogP contribution in [0.3, 0.4) is 0 Å². The van der Waals surface area contributed by atoms with E-state index in [1.54, 1.807) is 19.9 Å². The second-order valence-corrected chi connectivity index (χ2v) is 10.0. The number of rotatable bonds is 3. The first kappa shape index (κ1) is 21.0. The van der Waals surface area contributed by atoms with Crippen LogP contribution in [0.4, 0.5) is 5.69 Å². The number of halogens is 1. The Balaban J connectivity index is 1.82. The monoisotopic (exact) mass is 529 g/mol. The number of hydrogen-bond donors (Lipinski definition) is 1. The minimum atomic E-state index is -0.661. The standard InChI is InChI=1S/C22H16BrN3O4S2/c1-3-30-21(29)15-10(2)24-22-26(17(15)14-5-4-8-31-14)20(28)18(32-22)16-12-9-11(23)6-7-13(12)25-19(16)27/h4-9,17H,3H2,1-2H3,(H,25,27)/b18-16-/t17-/m0/s1. The van der Waals surface area contributed by atoms with Gasteiger partial charge in [-0.1, -0.05) is 33.3 Å². The maximum absolute atomic E-state index is 13.7. The number of ether oxygens (including phenoxy) is 1. The third-order valence-corrected chi connectivity index (χ3v) is 7.73. The summed E-state index contributed by atoms with van der Waals surface area (Å²) in [5, 5.41) is 4.71. The van der Waals surface area contributed by atoms with Crippen molar-refractivity contribution in [2.75, 3.05) is 11.9 Å². The number of thiophene rings is 1. The number of fused-ring (bicyclic) bond motifs is 2. The Morgan fingerprint density at radius 3 is 2.84 bits per heavy atom. The van der Waals surface area contributed by atoms with Crippen LogP contribution >= 0.6 is 38.6 Å². The Labute approximate surface area is 198 Å². The summed E-state index contributed by atoms with van der Waals surface area (Å²) in [6.45, 7) is 3.69. The lowest BCUT2D eigenvalue weighted by molar-refractivity contribution is -0.139. The highest BCUT2D eigenvalue weighted by molar-refractivity contribution is 9.10. The third-order valence-electron chi connectivity index (χ3n) is 5.26. The summed E-state index contributed by atoms with van der Waals surface area (Å²) >= 11 is 6.03. The van der Waals surface area contributed by atoms with Crippen molar-refractivity contribution < 1.29 is 14.3 Å². The molecule has 0 saturated carbocycles. The highest BCUT2D eigenvalue weighted by Crippen LogP contribution is 2.34. The van der Waals surface area contributed by atoms with E-state index in [0.29, 0.717) is 32.9 Å². The number of carbonyl (C=O) groups is 2. The third kappa shape index (κ3) is 3.21. The maximum atomic E-state index is 13.7. The predicted molar refractivity (Wildman–Crippen MR) is 126 cm³/mol. The minimum absolute atomic E-state index is 0.215. The summed E-state index contributed by atoms with van der Waals surface area (Å²) in [5.41, 5.74) is 2.09. The molecule has 0 saturated heterocycles. The molecule has 2 aliphatic heterocycles. The molecule has 0 bridgehead atoms. The first-order chi connectivity index (χ1) is 15.4. The van der Waals surface area contributed by atoms with Gasteiger partial charge in [0.25, 0.3) is 11.5 Å². The smallest absolute Gasteiger partial charge is 0.338 e. The van der Waals surface area contributed by atoms with Crippen molar-refractivity contribution >= 4 is 61.7 Å². The zero-order valence-corrected chi connectivity index (χ0v) is 20.2. The summed E-state index contributed by atoms with van der Waals surface area (Å²) in [7, 11) is 0. The van der Waals surface area contributed by atoms with E-state index in [2.05, 4.69) is 26.2 Å². The van der Waals surface area contributed by atoms with Crippen molar-refractivity contribution in [3.8, 4) is 0 Å². The molecule has 1 amide bonds. The summed E-state index contributed by atoms with van der Waals surface area (Å²) in [5.74, 6) is -0.838. The van der Waals surface area contributed by atoms with Gasteiger partial charge in [-0.2, -0.15) is 0 Å². The van der Waals surface area contributed by atoms with Gasteiger partial charge < -0.3 is 10.1 Å². The van der Waals surface area contributed by atoms with Gasteiger partial charge in [-0.15, -0.1) is 11.3 Å². The number of esters is 1. The summed E-state index contributed by atoms with van der Waals surface area (Å²) < 4.78 is 7.87. The molecule has 7 nitrogen and oxygen atoms in total. The lowest BCUT2D eigenvalue weighted by atomic mass is 10.0. The number of benzene rings is 1. The van der Waals surface area contributed by atoms with Crippen molar-refractivity contribution in [2.45, 2.75) is 19.9 Å². The molecule has 0 fully saturated rings. The van der Waals surface area contributed by atoms with Gasteiger partial charge in [0.15, 0.2) is 4.80 Å². The van der Waals surface area contributed by atoms with Gasteiger partial charge in [-0.25, -0.2) is 9.79 Å². The lowest BCUT2D eigenvalue weighted by Crippen LogP contribution is -2.40. The van der Waals surface area contributed by atoms with E-state index < -0.39 is 12.0 Å². The number of amides is 1. The van der Waals surface area contributed by atoms with Crippen molar-refractivity contribution in [3.05, 3.63) is 81.6 Å². The Kier molecular flexibility index (Phi) is 5.23. The van der Waals surface area contributed by atoms with Crippen LogP contribution in [0.5, 0.6) is 0 Å². The molecule has 0 spiro atoms. The Morgan fingerprint density at radius 1 is 1.31 bits per heavy atom. The van der Waals surface area contributed by atoms with E-state index in [1.165, 1.54) is 15.9 Å². The van der Waals surface area contributed by atoms with Crippen LogP contribution in [0.2, 0.25) is 0 Å². The maximum Gasteiger partial charge on any atom is 0.338 e. The van der Waals surface area contributed by atoms with Crippen LogP contribution in [-0.2, 0) is 14.3 Å². The van der Waals surface area contributed by atoms with Gasteiger partial charge in [0.05, 0.1) is 23.5 Å². The second-order valence-electron chi connectivity index (χ2n) is 7.16. The molecular formula is C22H16BrN3O4S2. The van der Waals surface area contributed by atoms with E-state index in [9.17, 15) is 14.4 Å². The van der Waals surface area contributed by atoms with Gasteiger partial charge in [0, 0.05) is 20.6 Å². The van der Waals surface area contributed by atoms with Crippen molar-refractivity contribution in [1.82, 2.24) is 4.57 Å². The molecule has 3 aromatic rings. The Hall–Kier alpha value is -2.82. The van der Waals surface area contributed by atoms with E-state index in [4.69, 9.17) is 4.74 Å². The van der Waals surface area contributed by atoms with Crippen LogP contribution in [0.25, 0.3) is 5.57 Å². The molecular weight excluding hydrogens is 514 g/mol. The van der Waals surface area contributed by atoms with Crippen molar-refractivity contribution in [1.29, 1.82) is 0 Å². The summed E-state index contributed by atoms with van der Waals surface area (Å²) in [4.78, 5) is 45.2. The van der Waals surface area contributed by atoms with Gasteiger partial charge in [-0.05, 0) is 43.5 Å². The van der Waals surface area contributed by atoms with Crippen LogP contribution in [0.15, 0.2) is 61.2 Å². The molecule has 0 unspecified atom stereocenters. The molecule has 1 N–H and O–H groups in total. The Morgan fingerprint density at radius 2 is 2.12 bits per heavy atom. The zero-order chi connectivity index (χ0) is 22.6. The SMILES string of the molecule is CCOC(=O)C1=C(C)N=c2s/c(=C3\C(=O)Nc4ccc(Br)cc43)c(=O)n2[C@H]1c1cccs1. The van der Waals surface area contributed by atoms with E-state index in [1.807, 2.05) is 29.6 Å². The van der Waals surface area contributed by atoms with Gasteiger partial charge in [0.2, 0.25) is 0 Å². The van der Waals surface area contributed by atoms with Crippen LogP contribution < -0.4 is 20.2 Å². The van der Waals surface area contributed by atoms with E-state index >= 15 is 0 Å². The molecule has 4 heterocycles. The average molecular weight is 530 g/mol. The lowest BCUT2D eigenvalue weighted by Gasteiger charge is -2.23. The molecule has 162 valence electrons. The average Bonchev–Trinajstić information content (AvgIpc) is 3.45. The van der Waals surface area contributed by atoms with Crippen molar-refractivity contribution in [3.63, 3.8) is 0 Å². The fourth-order valence-corrected chi connectivity index (χ4v) is 6.25. The summed E-state index contributed by atoms with van der Waals surface area (Å²) in [6, 6.07) is 8.52. The first-order valence-corrected chi connectivity index (χ1v) is 12.3. The quantitative estimate of drug-likeness (QED) is 0.528. The molecule has 10 heteroatoms. The molecule has 1 atom stereocenters. The van der Waals surface area contributed by atoms with Crippen LogP contribution in [0.1, 0.15) is 30.3 Å². The van der Waals surface area contributed by atoms with Gasteiger partial charge in [0.1, 0.15) is 10.6 Å². The normalized spacial score (nSPS) is 18.7. The molecule has 32 heavy (non-hydrogen) atoms. The first-order valence-electron chi connectivity index (χ1n) is 9.77. The van der Waals surface area contributed by atoms with Crippen LogP contribution in [-0.4, -0.2) is 23.1 Å². The number of hydrogen-bond acceptors (Lipinski definition) is 7. The fourth-order valence-electron chi connectivity index (χ4n) is 3.92. The van der Waals surface area contributed by atoms with E-state index in [-0.39, 0.29) is 22.6 Å². The molecule has 0 aliphatic carbocycles. The fraction of sp³-hybridized carbons (Fsp3) is 0.182. The van der Waals surface area contributed by atoms with Gasteiger partial charge in [-0.3, -0.25) is 14.2 Å². The number of thiazole rings is 1. The highest BCUT2D eigenvalue weighted by Gasteiger charge is 2.35. The molecule has 1 aromatic carbocycles. The number of anilines is 1. The van der Waals surface area contributed by atoms with Crippen molar-refractivity contribution in [2.24, 2.45) is 4.99 Å². The second kappa shape index (κ2) is 7.95. The molecule has 5 rings (SSSR count). The Bertz CT molecular complexity index is 1500. The number of aromatic nitrogens is 1. The molecule has 2 aromatic heterocycles. The molecule has 2 aliphatic rings. The predicted octanol–water partition coefficient (Wildman–Crippen LogP) is 2.94. The number of nitrogens with one attached hydrogen (secondary N) is 1. The summed E-state index contributed by atoms with van der Waals surface area (Å²) in [6.07, 6.45) is 0. The van der Waals surface area contributed by atoms with Gasteiger partial charge >= 0.3 is 5.97 Å². The van der Waals surface area contributed by atoms with E-state index in [0.717, 1.165) is 20.7 Å². The minimum Gasteiger partial charge on any atom is -0.463 e. The number of allylic oxidation sites excluding steroid dienone is 1. The zero-order valence-electron chi connectivity index (χ0n) is 17.0. The highest BCUT2D eigenvalue weighted by atomic mass is 79.9. The largest absolute Gasteiger partial charge is 0.463 e.